The van der Waals surface area contributed by atoms with E-state index >= 15 is 0 Å². The number of aliphatic hydroxyl groups excluding tert-OH is 1. The van der Waals surface area contributed by atoms with E-state index in [1.807, 2.05) is 25.1 Å². The highest BCUT2D eigenvalue weighted by Crippen LogP contribution is 2.36. The molecule has 1 aromatic heterocycles. The van der Waals surface area contributed by atoms with Gasteiger partial charge < -0.3 is 30.4 Å². The van der Waals surface area contributed by atoms with Crippen molar-refractivity contribution in [1.29, 1.82) is 0 Å². The van der Waals surface area contributed by atoms with E-state index in [-0.39, 0.29) is 37.8 Å². The van der Waals surface area contributed by atoms with Crippen molar-refractivity contribution in [2.24, 2.45) is 5.73 Å². The maximum Gasteiger partial charge on any atom is 0.255 e. The maximum atomic E-state index is 14.9. The highest BCUT2D eigenvalue weighted by Gasteiger charge is 2.41. The topological polar surface area (TPSA) is 155 Å². The summed E-state index contributed by atoms with van der Waals surface area (Å²) in [5.41, 5.74) is 12.0. The number of imide groups is 1. The third-order valence-corrected chi connectivity index (χ3v) is 13.3. The third-order valence-electron chi connectivity index (χ3n) is 13.3. The predicted molar refractivity (Wildman–Crippen MR) is 233 cm³/mol. The van der Waals surface area contributed by atoms with Crippen LogP contribution in [0, 0.1) is 5.82 Å². The lowest BCUT2D eigenvalue weighted by Crippen LogP contribution is -2.52. The first kappa shape index (κ1) is 42.7. The van der Waals surface area contributed by atoms with E-state index in [4.69, 9.17) is 15.7 Å². The molecule has 0 bridgehead atoms. The standard InChI is InChI=1S/C46H61FN10O4/c1-32(48)43(34-8-4-2-5-9-34)44-49-38(30-41(50-44)56-24-20-54(21-25-56)26-27-58)33-12-16-52(17-13-33)14-6-3-7-15-53-18-22-55(23-19-53)40-29-35(47)28-36-37(40)31-57(46(36)61)39-10-11-42(59)51-45(39)60/h2,4-5,8-9,28-30,33,39,58H,3,6-7,10-27,31,48H2,1H3,(H,51,59,60). The van der Waals surface area contributed by atoms with Gasteiger partial charge in [0.15, 0.2) is 5.82 Å². The summed E-state index contributed by atoms with van der Waals surface area (Å²) >= 11 is 0. The summed E-state index contributed by atoms with van der Waals surface area (Å²) in [6.45, 7) is 13.9. The van der Waals surface area contributed by atoms with Crippen molar-refractivity contribution in [3.63, 3.8) is 0 Å². The zero-order chi connectivity index (χ0) is 42.5. The zero-order valence-corrected chi connectivity index (χ0v) is 35.5. The number of allylic oxidation sites excluding steroid dienone is 1. The molecule has 4 saturated heterocycles. The quantitative estimate of drug-likeness (QED) is 0.161. The van der Waals surface area contributed by atoms with Gasteiger partial charge in [-0.05, 0) is 82.9 Å². The number of piperazine rings is 2. The summed E-state index contributed by atoms with van der Waals surface area (Å²) in [5, 5.41) is 11.8. The van der Waals surface area contributed by atoms with Crippen LogP contribution in [0.25, 0.3) is 5.57 Å². The van der Waals surface area contributed by atoms with Crippen molar-refractivity contribution in [3.8, 4) is 0 Å². The minimum atomic E-state index is -0.724. The van der Waals surface area contributed by atoms with Crippen molar-refractivity contribution in [2.75, 3.05) is 101 Å². The van der Waals surface area contributed by atoms with Gasteiger partial charge in [0.25, 0.3) is 5.91 Å². The smallest absolute Gasteiger partial charge is 0.255 e. The van der Waals surface area contributed by atoms with Crippen LogP contribution >= 0.6 is 0 Å². The Labute approximate surface area is 358 Å². The second kappa shape index (κ2) is 19.4. The number of anilines is 2. The number of rotatable bonds is 14. The Morgan fingerprint density at radius 3 is 2.11 bits per heavy atom. The van der Waals surface area contributed by atoms with Gasteiger partial charge >= 0.3 is 0 Å². The number of benzene rings is 2. The van der Waals surface area contributed by atoms with E-state index in [1.165, 1.54) is 17.0 Å². The van der Waals surface area contributed by atoms with E-state index in [0.717, 1.165) is 145 Å². The summed E-state index contributed by atoms with van der Waals surface area (Å²) in [4.78, 5) is 61.3. The number of amides is 3. The van der Waals surface area contributed by atoms with Crippen LogP contribution in [0.15, 0.2) is 54.2 Å². The summed E-state index contributed by atoms with van der Waals surface area (Å²) in [6.07, 6.45) is 6.00. The van der Waals surface area contributed by atoms with Crippen LogP contribution in [0.4, 0.5) is 15.9 Å². The first-order valence-electron chi connectivity index (χ1n) is 22.3. The normalized spacial score (nSPS) is 21.5. The molecule has 0 spiro atoms. The number of fused-ring (bicyclic) bond motifs is 1. The fourth-order valence-electron chi connectivity index (χ4n) is 9.82. The lowest BCUT2D eigenvalue weighted by atomic mass is 9.92. The molecule has 0 radical (unpaired) electrons. The Morgan fingerprint density at radius 2 is 1.46 bits per heavy atom. The van der Waals surface area contributed by atoms with Gasteiger partial charge in [-0.15, -0.1) is 0 Å². The maximum absolute atomic E-state index is 14.9. The predicted octanol–water partition coefficient (Wildman–Crippen LogP) is 3.40. The number of unbranched alkanes of at least 4 members (excludes halogenated alkanes) is 2. The van der Waals surface area contributed by atoms with E-state index in [1.54, 1.807) is 0 Å². The third kappa shape index (κ3) is 9.90. The van der Waals surface area contributed by atoms with Crippen LogP contribution in [0.2, 0.25) is 0 Å². The number of piperidine rings is 2. The molecule has 61 heavy (non-hydrogen) atoms. The van der Waals surface area contributed by atoms with Crippen LogP contribution in [0.1, 0.15) is 90.8 Å². The molecule has 1 atom stereocenters. The molecule has 0 aliphatic carbocycles. The molecule has 5 aliphatic heterocycles. The van der Waals surface area contributed by atoms with E-state index in [2.05, 4.69) is 48.0 Å². The van der Waals surface area contributed by atoms with E-state index < -0.39 is 17.8 Å². The summed E-state index contributed by atoms with van der Waals surface area (Å²) in [7, 11) is 0. The monoisotopic (exact) mass is 836 g/mol. The van der Waals surface area contributed by atoms with Crippen molar-refractivity contribution in [3.05, 3.63) is 88.3 Å². The Balaban J connectivity index is 0.805. The molecule has 15 heteroatoms. The zero-order valence-electron chi connectivity index (χ0n) is 35.5. The summed E-state index contributed by atoms with van der Waals surface area (Å²) < 4.78 is 14.9. The lowest BCUT2D eigenvalue weighted by molar-refractivity contribution is -0.136. The van der Waals surface area contributed by atoms with Gasteiger partial charge in [0.1, 0.15) is 17.7 Å². The first-order valence-corrected chi connectivity index (χ1v) is 22.3. The molecule has 326 valence electrons. The highest BCUT2D eigenvalue weighted by molar-refractivity contribution is 6.06. The Morgan fingerprint density at radius 1 is 0.803 bits per heavy atom. The summed E-state index contributed by atoms with van der Waals surface area (Å²) in [5.74, 6) is 0.392. The molecule has 3 aromatic rings. The number of β-amino-alcohol motifs (C(OH)–C–C–N with tert-alkyl or cyclic N) is 1. The fraction of sp³-hybridized carbons (Fsp3) is 0.543. The Hall–Kier alpha value is -4.96. The Kier molecular flexibility index (Phi) is 13.6. The number of nitrogens with two attached hydrogens (primary N) is 1. The van der Waals surface area contributed by atoms with E-state index in [0.29, 0.717) is 29.5 Å². The fourth-order valence-corrected chi connectivity index (χ4v) is 9.82. The molecule has 1 unspecified atom stereocenters. The minimum Gasteiger partial charge on any atom is -0.402 e. The molecule has 4 N–H and O–H groups in total. The second-order valence-corrected chi connectivity index (χ2v) is 17.3. The Bertz CT molecular complexity index is 2070. The number of halogens is 1. The molecule has 8 rings (SSSR count). The molecule has 2 aromatic carbocycles. The first-order chi connectivity index (χ1) is 29.6. The number of aromatic nitrogens is 2. The average Bonchev–Trinajstić information content (AvgIpc) is 3.59. The van der Waals surface area contributed by atoms with Crippen LogP contribution in [-0.2, 0) is 16.1 Å². The number of hydrogen-bond donors (Lipinski definition) is 3. The number of nitrogens with zero attached hydrogens (tertiary/aromatic N) is 8. The van der Waals surface area contributed by atoms with Gasteiger partial charge in [-0.2, -0.15) is 0 Å². The largest absolute Gasteiger partial charge is 0.402 e. The van der Waals surface area contributed by atoms with Gasteiger partial charge in [0, 0.05) is 118 Å². The van der Waals surface area contributed by atoms with Gasteiger partial charge in [-0.3, -0.25) is 29.5 Å². The van der Waals surface area contributed by atoms with Crippen molar-refractivity contribution in [1.82, 2.24) is 34.9 Å². The second-order valence-electron chi connectivity index (χ2n) is 17.3. The van der Waals surface area contributed by atoms with Crippen molar-refractivity contribution >= 4 is 34.8 Å². The molecular weight excluding hydrogens is 776 g/mol. The van der Waals surface area contributed by atoms with Crippen LogP contribution in [-0.4, -0.2) is 150 Å². The average molecular weight is 837 g/mol. The van der Waals surface area contributed by atoms with Gasteiger partial charge in [0.05, 0.1) is 6.61 Å². The van der Waals surface area contributed by atoms with Crippen LogP contribution < -0.4 is 20.9 Å². The molecule has 5 aliphatic rings. The number of nitrogens with one attached hydrogen (secondary N) is 1. The van der Waals surface area contributed by atoms with Crippen LogP contribution in [0.5, 0.6) is 0 Å². The highest BCUT2D eigenvalue weighted by atomic mass is 19.1. The van der Waals surface area contributed by atoms with Gasteiger partial charge in [0.2, 0.25) is 11.8 Å². The molecule has 14 nitrogen and oxygen atoms in total. The van der Waals surface area contributed by atoms with Gasteiger partial charge in [-0.25, -0.2) is 14.4 Å². The number of carbonyl (C=O) groups is 3. The summed E-state index contributed by atoms with van der Waals surface area (Å²) in [6, 6.07) is 14.5. The molecule has 4 fully saturated rings. The van der Waals surface area contributed by atoms with Crippen molar-refractivity contribution < 1.29 is 23.9 Å². The van der Waals surface area contributed by atoms with Crippen molar-refractivity contribution in [2.45, 2.75) is 70.4 Å². The molecule has 0 saturated carbocycles. The molecule has 3 amide bonds. The lowest BCUT2D eigenvalue weighted by Gasteiger charge is -2.37. The van der Waals surface area contributed by atoms with Crippen LogP contribution in [0.3, 0.4) is 0 Å². The number of hydrogen-bond acceptors (Lipinski definition) is 12. The SMILES string of the molecule is CC(N)=C(c1ccccc1)c1nc(C2CCN(CCCCCN3CCN(c4cc(F)cc5c4CN(C4CCC(=O)NC4=O)C5=O)CC3)CC2)cc(N2CCN(CCO)CC2)n1. The number of likely N-dealkylation sites (tertiary alicyclic amines) is 1. The molecular formula is C46H61FN10O4. The van der Waals surface area contributed by atoms with E-state index in [9.17, 15) is 23.9 Å². The number of carbonyl (C=O) groups excluding carboxylic acids is 3. The number of aliphatic hydroxyl groups is 1. The molecule has 6 heterocycles. The van der Waals surface area contributed by atoms with Gasteiger partial charge in [-0.1, -0.05) is 36.8 Å². The minimum absolute atomic E-state index is 0.173.